The van der Waals surface area contributed by atoms with E-state index in [-0.39, 0.29) is 0 Å². The van der Waals surface area contributed by atoms with Crippen molar-refractivity contribution in [1.29, 1.82) is 0 Å². The molecule has 0 aliphatic heterocycles. The molecular formula is C21H23O3. The third-order valence-corrected chi connectivity index (χ3v) is 4.69. The normalized spacial score (nSPS) is 21.4. The molecule has 24 heavy (non-hydrogen) atoms. The molecule has 1 aliphatic rings. The van der Waals surface area contributed by atoms with Gasteiger partial charge >= 0.3 is 5.97 Å². The fourth-order valence-corrected chi connectivity index (χ4v) is 3.23. The first-order chi connectivity index (χ1) is 11.6. The van der Waals surface area contributed by atoms with Crippen LogP contribution in [0, 0.1) is 17.9 Å². The molecule has 0 amide bonds. The second-order valence-electron chi connectivity index (χ2n) is 6.53. The Morgan fingerprint density at radius 2 is 1.46 bits per heavy atom. The van der Waals surface area contributed by atoms with Gasteiger partial charge in [0.15, 0.2) is 6.10 Å². The number of hydrogen-bond acceptors (Lipinski definition) is 3. The van der Waals surface area contributed by atoms with Crippen molar-refractivity contribution in [1.82, 2.24) is 0 Å². The lowest BCUT2D eigenvalue weighted by atomic mass is 9.81. The maximum absolute atomic E-state index is 12.2. The van der Waals surface area contributed by atoms with E-state index in [9.17, 15) is 4.79 Å². The molecule has 0 bridgehead atoms. The molecule has 0 N–H and O–H groups in total. The Bertz CT molecular complexity index is 653. The molecule has 0 saturated heterocycles. The fraction of sp³-hybridized carbons (Fsp3) is 0.333. The molecule has 3 nitrogen and oxygen atoms in total. The van der Waals surface area contributed by atoms with Crippen LogP contribution in [0.1, 0.15) is 43.5 Å². The van der Waals surface area contributed by atoms with Crippen molar-refractivity contribution in [3.63, 3.8) is 0 Å². The summed E-state index contributed by atoms with van der Waals surface area (Å²) in [7, 11) is 0. The first-order valence-electron chi connectivity index (χ1n) is 8.56. The molecule has 2 atom stereocenters. The molecule has 1 radical (unpaired) electrons. The Kier molecular flexibility index (Phi) is 5.31. The third-order valence-electron chi connectivity index (χ3n) is 4.69. The highest BCUT2D eigenvalue weighted by Gasteiger charge is 2.32. The van der Waals surface area contributed by atoms with Gasteiger partial charge in [-0.05, 0) is 47.9 Å². The molecule has 1 saturated carbocycles. The van der Waals surface area contributed by atoms with Crippen LogP contribution in [-0.2, 0) is 9.78 Å². The quantitative estimate of drug-likeness (QED) is 0.556. The zero-order chi connectivity index (χ0) is 16.9. The molecule has 2 aromatic carbocycles. The Hall–Kier alpha value is -2.13. The van der Waals surface area contributed by atoms with E-state index < -0.39 is 5.97 Å². The summed E-state index contributed by atoms with van der Waals surface area (Å²) in [6.45, 7) is 4.24. The van der Waals surface area contributed by atoms with Crippen molar-refractivity contribution in [3.05, 3.63) is 66.3 Å². The van der Waals surface area contributed by atoms with Gasteiger partial charge in [-0.15, -0.1) is 0 Å². The first kappa shape index (κ1) is 16.7. The minimum Gasteiger partial charge on any atom is -0.292 e. The summed E-state index contributed by atoms with van der Waals surface area (Å²) >= 11 is 0. The molecule has 0 heterocycles. The Morgan fingerprint density at radius 1 is 0.875 bits per heavy atom. The number of benzene rings is 2. The first-order valence-corrected chi connectivity index (χ1v) is 8.56. The second kappa shape index (κ2) is 7.63. The predicted molar refractivity (Wildman–Crippen MR) is 93.8 cm³/mol. The summed E-state index contributed by atoms with van der Waals surface area (Å²) < 4.78 is 0. The average molecular weight is 323 g/mol. The van der Waals surface area contributed by atoms with Gasteiger partial charge in [0.25, 0.3) is 0 Å². The Balaban J connectivity index is 1.61. The van der Waals surface area contributed by atoms with E-state index in [1.807, 2.05) is 42.5 Å². The predicted octanol–water partition coefficient (Wildman–Crippen LogP) is 5.43. The smallest absolute Gasteiger partial charge is 0.292 e. The average Bonchev–Trinajstić information content (AvgIpc) is 2.62. The molecular weight excluding hydrogens is 300 g/mol. The zero-order valence-corrected chi connectivity index (χ0v) is 14.2. The summed E-state index contributed by atoms with van der Waals surface area (Å²) in [5, 5.41) is 0. The van der Waals surface area contributed by atoms with Crippen LogP contribution in [0.4, 0.5) is 0 Å². The minimum atomic E-state index is -0.452. The summed E-state index contributed by atoms with van der Waals surface area (Å²) in [5.41, 5.74) is 2.68. The molecule has 0 spiro atoms. The lowest BCUT2D eigenvalue weighted by molar-refractivity contribution is -0.253. The van der Waals surface area contributed by atoms with Gasteiger partial charge in [-0.1, -0.05) is 62.7 Å². The van der Waals surface area contributed by atoms with Gasteiger partial charge in [0.1, 0.15) is 0 Å². The maximum Gasteiger partial charge on any atom is 0.373 e. The fourth-order valence-electron chi connectivity index (χ4n) is 3.23. The second-order valence-corrected chi connectivity index (χ2v) is 6.53. The van der Waals surface area contributed by atoms with Crippen LogP contribution < -0.4 is 0 Å². The largest absolute Gasteiger partial charge is 0.373 e. The Morgan fingerprint density at radius 3 is 2.08 bits per heavy atom. The van der Waals surface area contributed by atoms with Crippen LogP contribution >= 0.6 is 0 Å². The van der Waals surface area contributed by atoms with Crippen molar-refractivity contribution in [2.24, 2.45) is 11.8 Å². The van der Waals surface area contributed by atoms with Crippen molar-refractivity contribution >= 4 is 5.97 Å². The summed E-state index contributed by atoms with van der Waals surface area (Å²) in [4.78, 5) is 22.7. The van der Waals surface area contributed by atoms with Crippen molar-refractivity contribution in [2.45, 2.75) is 33.1 Å². The van der Waals surface area contributed by atoms with E-state index >= 15 is 0 Å². The van der Waals surface area contributed by atoms with Crippen molar-refractivity contribution in [2.75, 3.05) is 0 Å². The van der Waals surface area contributed by atoms with Gasteiger partial charge in [-0.25, -0.2) is 4.79 Å². The monoisotopic (exact) mass is 323 g/mol. The zero-order valence-electron chi connectivity index (χ0n) is 14.2. The van der Waals surface area contributed by atoms with E-state index in [4.69, 9.17) is 9.78 Å². The lowest BCUT2D eigenvalue weighted by Gasteiger charge is -2.31. The highest BCUT2D eigenvalue weighted by molar-refractivity contribution is 5.89. The SMILES string of the molecule is CC1CCCC(C)[C]1OOC(=O)c1ccc(-c2ccccc2)cc1. The van der Waals surface area contributed by atoms with Crippen LogP contribution in [0.5, 0.6) is 0 Å². The van der Waals surface area contributed by atoms with E-state index in [1.165, 1.54) is 6.42 Å². The van der Waals surface area contributed by atoms with E-state index in [0.29, 0.717) is 17.4 Å². The summed E-state index contributed by atoms with van der Waals surface area (Å²) in [6, 6.07) is 17.4. The number of hydrogen-bond donors (Lipinski definition) is 0. The minimum absolute atomic E-state index is 0.335. The summed E-state index contributed by atoms with van der Waals surface area (Å²) in [6.07, 6.45) is 4.26. The van der Waals surface area contributed by atoms with Gasteiger partial charge in [0.2, 0.25) is 0 Å². The molecule has 1 fully saturated rings. The van der Waals surface area contributed by atoms with Gasteiger partial charge in [0, 0.05) is 0 Å². The highest BCUT2D eigenvalue weighted by atomic mass is 17.2. The van der Waals surface area contributed by atoms with E-state index in [0.717, 1.165) is 30.1 Å². The third kappa shape index (κ3) is 3.85. The van der Waals surface area contributed by atoms with Crippen molar-refractivity contribution < 1.29 is 14.6 Å². The Labute approximate surface area is 143 Å². The molecule has 2 aromatic rings. The molecule has 1 aliphatic carbocycles. The van der Waals surface area contributed by atoms with E-state index in [1.54, 1.807) is 12.1 Å². The topological polar surface area (TPSA) is 35.5 Å². The van der Waals surface area contributed by atoms with Gasteiger partial charge < -0.3 is 0 Å². The van der Waals surface area contributed by atoms with Crippen LogP contribution in [0.2, 0.25) is 0 Å². The molecule has 0 aromatic heterocycles. The molecule has 2 unspecified atom stereocenters. The van der Waals surface area contributed by atoms with Crippen LogP contribution in [-0.4, -0.2) is 5.97 Å². The standard InChI is InChI=1S/C21H23O3/c1-15-7-6-8-16(2)20(15)23-24-21(22)19-13-11-18(12-14-19)17-9-4-3-5-10-17/h3-5,9-16H,6-8H2,1-2H3. The van der Waals surface area contributed by atoms with Crippen molar-refractivity contribution in [3.8, 4) is 11.1 Å². The number of carbonyl (C=O) groups is 1. The van der Waals surface area contributed by atoms with Gasteiger partial charge in [-0.3, -0.25) is 4.89 Å². The molecule has 3 heteroatoms. The molecule has 3 rings (SSSR count). The van der Waals surface area contributed by atoms with Gasteiger partial charge in [-0.2, -0.15) is 4.89 Å². The molecule has 125 valence electrons. The van der Waals surface area contributed by atoms with Gasteiger partial charge in [0.05, 0.1) is 5.56 Å². The number of rotatable bonds is 4. The maximum atomic E-state index is 12.2. The van der Waals surface area contributed by atoms with E-state index in [2.05, 4.69) is 13.8 Å². The van der Waals surface area contributed by atoms with Crippen LogP contribution in [0.25, 0.3) is 11.1 Å². The summed E-state index contributed by atoms with van der Waals surface area (Å²) in [5.74, 6) is 0.219. The van der Waals surface area contributed by atoms with Crippen LogP contribution in [0.3, 0.4) is 0 Å². The van der Waals surface area contributed by atoms with Crippen LogP contribution in [0.15, 0.2) is 54.6 Å². The lowest BCUT2D eigenvalue weighted by Crippen LogP contribution is -2.26. The number of carbonyl (C=O) groups excluding carboxylic acids is 1. The highest BCUT2D eigenvalue weighted by Crippen LogP contribution is 2.37.